The summed E-state index contributed by atoms with van der Waals surface area (Å²) in [6, 6.07) is -3.66. The van der Waals surface area contributed by atoms with Crippen LogP contribution in [0.4, 0.5) is 0 Å². The number of aliphatic imine (C=N–C) groups is 1. The normalized spacial score (nSPS) is 23.8. The lowest BCUT2D eigenvalue weighted by Crippen LogP contribution is -2.62. The van der Waals surface area contributed by atoms with Crippen molar-refractivity contribution in [2.45, 2.75) is 156 Å². The van der Waals surface area contributed by atoms with Crippen LogP contribution in [0.3, 0.4) is 0 Å². The second kappa shape index (κ2) is 18.3. The standard InChI is InChI=1S/C40H62N6O6/c1-8-14-30(33(47)38(51)42-27-19-20-27)43-37(50)32-28-18-13-17-26(28)23-46(32)39(52)34(40(5,6)7)45-36(49)31(25-15-11-10-12-16-25)44-35(48)29(24(3)4)22-41-21-9-2/h9,21-22,25-28,30-32,34H,8,10-20,23H2,1-7H3,(H,42,51)(H,43,50)(H,44,48)(H,45,49)/b21-9-,41-22?/t26-,28-,30-,31?,32-,34-/m0/s1. The van der Waals surface area contributed by atoms with Gasteiger partial charge in [0.1, 0.15) is 18.1 Å². The van der Waals surface area contributed by atoms with Gasteiger partial charge in [-0.1, -0.05) is 71.4 Å². The molecule has 0 bridgehead atoms. The highest BCUT2D eigenvalue weighted by atomic mass is 16.2. The third-order valence-corrected chi connectivity index (χ3v) is 11.1. The predicted octanol–water partition coefficient (Wildman–Crippen LogP) is 4.28. The molecule has 4 rings (SSSR count). The summed E-state index contributed by atoms with van der Waals surface area (Å²) in [5.41, 5.74) is 0.391. The average Bonchev–Trinajstić information content (AvgIpc) is 3.66. The van der Waals surface area contributed by atoms with Crippen molar-refractivity contribution in [1.29, 1.82) is 0 Å². The highest BCUT2D eigenvalue weighted by Crippen LogP contribution is 2.43. The van der Waals surface area contributed by atoms with Crippen molar-refractivity contribution in [3.8, 4) is 0 Å². The second-order valence-corrected chi connectivity index (χ2v) is 16.6. The molecule has 1 aliphatic heterocycles. The fourth-order valence-corrected chi connectivity index (χ4v) is 8.07. The molecule has 52 heavy (non-hydrogen) atoms. The number of carbonyl (C=O) groups is 6. The van der Waals surface area contributed by atoms with E-state index in [0.29, 0.717) is 25.0 Å². The summed E-state index contributed by atoms with van der Waals surface area (Å²) in [6.45, 7) is 13.4. The first-order valence-corrected chi connectivity index (χ1v) is 19.6. The summed E-state index contributed by atoms with van der Waals surface area (Å²) >= 11 is 0. The van der Waals surface area contributed by atoms with Gasteiger partial charge < -0.3 is 26.2 Å². The van der Waals surface area contributed by atoms with E-state index < -0.39 is 59.0 Å². The van der Waals surface area contributed by atoms with Gasteiger partial charge in [0.25, 0.3) is 11.8 Å². The first-order valence-electron chi connectivity index (χ1n) is 19.6. The molecule has 0 radical (unpaired) electrons. The summed E-state index contributed by atoms with van der Waals surface area (Å²) in [5.74, 6) is -3.04. The molecule has 0 aromatic carbocycles. The number of allylic oxidation sites excluding steroid dienone is 2. The third kappa shape index (κ3) is 10.4. The number of rotatable bonds is 15. The maximum Gasteiger partial charge on any atom is 0.289 e. The van der Waals surface area contributed by atoms with Crippen LogP contribution in [0.5, 0.6) is 0 Å². The van der Waals surface area contributed by atoms with Crippen LogP contribution in [0.15, 0.2) is 28.4 Å². The number of nitrogens with one attached hydrogen (secondary N) is 4. The minimum atomic E-state index is -0.992. The summed E-state index contributed by atoms with van der Waals surface area (Å²) in [5, 5.41) is 11.7. The Morgan fingerprint density at radius 2 is 1.56 bits per heavy atom. The molecule has 6 atom stereocenters. The van der Waals surface area contributed by atoms with Crippen molar-refractivity contribution in [2.24, 2.45) is 28.2 Å². The number of ketones is 1. The molecule has 4 N–H and O–H groups in total. The van der Waals surface area contributed by atoms with E-state index in [1.165, 1.54) is 6.21 Å². The number of carbonyl (C=O) groups excluding carboxylic acids is 6. The van der Waals surface area contributed by atoms with E-state index in [9.17, 15) is 28.8 Å². The monoisotopic (exact) mass is 722 g/mol. The summed E-state index contributed by atoms with van der Waals surface area (Å²) in [6.07, 6.45) is 14.5. The Labute approximate surface area is 309 Å². The summed E-state index contributed by atoms with van der Waals surface area (Å²) in [4.78, 5) is 88.5. The molecule has 1 heterocycles. The van der Waals surface area contributed by atoms with Crippen LogP contribution >= 0.6 is 0 Å². The van der Waals surface area contributed by atoms with Crippen LogP contribution in [-0.4, -0.2) is 83.2 Å². The SMILES string of the molecule is C/C=C\N=CC(C(=O)NC(C(=O)N[C@@H](C(=O)N1C[C@@H]2CCC[C@@H]2[C@H]1C(=O)N[C@@H](CCC)C(=O)C(=O)NC1CC1)C(C)(C)C)C1CCCCC1)=C(C)C. The molecule has 0 spiro atoms. The lowest BCUT2D eigenvalue weighted by molar-refractivity contribution is -0.146. The zero-order valence-electron chi connectivity index (χ0n) is 32.4. The molecule has 4 fully saturated rings. The highest BCUT2D eigenvalue weighted by molar-refractivity contribution is 6.38. The zero-order valence-corrected chi connectivity index (χ0v) is 32.4. The van der Waals surface area contributed by atoms with Crippen LogP contribution in [0, 0.1) is 23.2 Å². The quantitative estimate of drug-likeness (QED) is 0.112. The molecule has 3 saturated carbocycles. The second-order valence-electron chi connectivity index (χ2n) is 16.6. The van der Waals surface area contributed by atoms with E-state index in [2.05, 4.69) is 26.3 Å². The molecule has 1 unspecified atom stereocenters. The van der Waals surface area contributed by atoms with E-state index >= 15 is 0 Å². The molecule has 4 aliphatic rings. The lowest BCUT2D eigenvalue weighted by atomic mass is 9.82. The molecule has 5 amide bonds. The number of fused-ring (bicyclic) bond motifs is 1. The number of amides is 5. The van der Waals surface area contributed by atoms with Gasteiger partial charge in [-0.15, -0.1) is 0 Å². The van der Waals surface area contributed by atoms with E-state index in [-0.39, 0.29) is 29.7 Å². The van der Waals surface area contributed by atoms with Crippen LogP contribution in [0.1, 0.15) is 126 Å². The maximum atomic E-state index is 14.7. The van der Waals surface area contributed by atoms with Gasteiger partial charge in [0, 0.05) is 25.0 Å². The Morgan fingerprint density at radius 1 is 0.865 bits per heavy atom. The van der Waals surface area contributed by atoms with Crippen molar-refractivity contribution in [3.63, 3.8) is 0 Å². The van der Waals surface area contributed by atoms with E-state index in [4.69, 9.17) is 0 Å². The Hall–Kier alpha value is -3.83. The minimum Gasteiger partial charge on any atom is -0.347 e. The van der Waals surface area contributed by atoms with Gasteiger partial charge in [0.15, 0.2) is 0 Å². The molecule has 12 nitrogen and oxygen atoms in total. The van der Waals surface area contributed by atoms with Gasteiger partial charge in [-0.3, -0.25) is 33.8 Å². The van der Waals surface area contributed by atoms with Gasteiger partial charge in [-0.25, -0.2) is 0 Å². The van der Waals surface area contributed by atoms with Gasteiger partial charge in [0.2, 0.25) is 23.5 Å². The Kier molecular flexibility index (Phi) is 14.4. The molecule has 12 heteroatoms. The Bertz CT molecular complexity index is 1430. The smallest absolute Gasteiger partial charge is 0.289 e. The molecule has 3 aliphatic carbocycles. The lowest BCUT2D eigenvalue weighted by Gasteiger charge is -2.38. The average molecular weight is 723 g/mol. The first kappa shape index (κ1) is 40.9. The minimum absolute atomic E-state index is 0.0125. The van der Waals surface area contributed by atoms with Crippen molar-refractivity contribution < 1.29 is 28.8 Å². The van der Waals surface area contributed by atoms with Crippen molar-refractivity contribution >= 4 is 41.5 Å². The van der Waals surface area contributed by atoms with Crippen LogP contribution in [0.2, 0.25) is 0 Å². The van der Waals surface area contributed by atoms with Gasteiger partial charge in [-0.2, -0.15) is 0 Å². The number of hydrogen-bond donors (Lipinski definition) is 4. The molecular weight excluding hydrogens is 660 g/mol. The number of nitrogens with zero attached hydrogens (tertiary/aromatic N) is 2. The van der Waals surface area contributed by atoms with Crippen molar-refractivity contribution in [3.05, 3.63) is 23.4 Å². The highest BCUT2D eigenvalue weighted by Gasteiger charge is 2.52. The number of hydrogen-bond acceptors (Lipinski definition) is 7. The summed E-state index contributed by atoms with van der Waals surface area (Å²) in [7, 11) is 0. The third-order valence-electron chi connectivity index (χ3n) is 11.1. The fraction of sp³-hybridized carbons (Fsp3) is 0.725. The largest absolute Gasteiger partial charge is 0.347 e. The molecule has 0 aromatic heterocycles. The number of likely N-dealkylation sites (tertiary alicyclic amines) is 1. The van der Waals surface area contributed by atoms with Gasteiger partial charge >= 0.3 is 0 Å². The molecule has 1 saturated heterocycles. The summed E-state index contributed by atoms with van der Waals surface area (Å²) < 4.78 is 0. The fourth-order valence-electron chi connectivity index (χ4n) is 8.07. The number of Topliss-reactive ketones (excluding diaryl/α,β-unsaturated/α-hetero) is 1. The Balaban J connectivity index is 1.58. The van der Waals surface area contributed by atoms with Crippen LogP contribution in [0.25, 0.3) is 0 Å². The van der Waals surface area contributed by atoms with Gasteiger partial charge in [-0.05, 0) is 88.9 Å². The van der Waals surface area contributed by atoms with Gasteiger partial charge in [0.05, 0.1) is 11.6 Å². The van der Waals surface area contributed by atoms with Crippen molar-refractivity contribution in [2.75, 3.05) is 6.54 Å². The molecular formula is C40H62N6O6. The van der Waals surface area contributed by atoms with E-state index in [1.54, 1.807) is 17.2 Å². The first-order chi connectivity index (χ1) is 24.7. The molecule has 0 aromatic rings. The predicted molar refractivity (Wildman–Crippen MR) is 201 cm³/mol. The Morgan fingerprint density at radius 3 is 2.15 bits per heavy atom. The molecule has 288 valence electrons. The van der Waals surface area contributed by atoms with Crippen molar-refractivity contribution in [1.82, 2.24) is 26.2 Å². The zero-order chi connectivity index (χ0) is 38.2. The van der Waals surface area contributed by atoms with E-state index in [0.717, 1.165) is 69.8 Å². The van der Waals surface area contributed by atoms with Crippen LogP contribution < -0.4 is 21.3 Å². The maximum absolute atomic E-state index is 14.7. The van der Waals surface area contributed by atoms with Crippen LogP contribution in [-0.2, 0) is 28.8 Å². The van der Waals surface area contributed by atoms with E-state index in [1.807, 2.05) is 48.5 Å². The topological polar surface area (TPSA) is 166 Å².